The SMILES string of the molecule is CCNC(=NCCCN(C)C1CCCCC1)NC(C)C.I. The molecule has 0 amide bonds. The van der Waals surface area contributed by atoms with E-state index in [-0.39, 0.29) is 24.0 Å². The number of hydrogen-bond donors (Lipinski definition) is 2. The molecule has 0 radical (unpaired) electrons. The highest BCUT2D eigenvalue weighted by Crippen LogP contribution is 2.21. The van der Waals surface area contributed by atoms with Gasteiger partial charge in [-0.3, -0.25) is 4.99 Å². The van der Waals surface area contributed by atoms with Gasteiger partial charge in [-0.1, -0.05) is 19.3 Å². The van der Waals surface area contributed by atoms with Gasteiger partial charge in [-0.2, -0.15) is 0 Å². The topological polar surface area (TPSA) is 39.7 Å². The summed E-state index contributed by atoms with van der Waals surface area (Å²) in [5, 5.41) is 6.65. The number of nitrogens with one attached hydrogen (secondary N) is 2. The summed E-state index contributed by atoms with van der Waals surface area (Å²) in [7, 11) is 2.28. The molecule has 4 nitrogen and oxygen atoms in total. The van der Waals surface area contributed by atoms with E-state index in [2.05, 4.69) is 48.3 Å². The van der Waals surface area contributed by atoms with E-state index in [4.69, 9.17) is 0 Å². The van der Waals surface area contributed by atoms with Crippen molar-refractivity contribution in [2.75, 3.05) is 26.7 Å². The van der Waals surface area contributed by atoms with Gasteiger partial charge in [0.1, 0.15) is 0 Å². The van der Waals surface area contributed by atoms with Crippen LogP contribution in [-0.2, 0) is 0 Å². The molecule has 0 atom stereocenters. The fraction of sp³-hybridized carbons (Fsp3) is 0.938. The van der Waals surface area contributed by atoms with Crippen LogP contribution in [0.15, 0.2) is 4.99 Å². The Morgan fingerprint density at radius 2 is 1.90 bits per heavy atom. The van der Waals surface area contributed by atoms with Crippen LogP contribution in [0, 0.1) is 0 Å². The first-order valence-corrected chi connectivity index (χ1v) is 8.38. The van der Waals surface area contributed by atoms with Crippen molar-refractivity contribution in [3.05, 3.63) is 0 Å². The van der Waals surface area contributed by atoms with Crippen molar-refractivity contribution in [3.8, 4) is 0 Å². The normalized spacial score (nSPS) is 17.0. The molecule has 1 aliphatic carbocycles. The molecule has 1 saturated carbocycles. The van der Waals surface area contributed by atoms with Crippen molar-refractivity contribution < 1.29 is 0 Å². The Balaban J connectivity index is 0.00000400. The number of guanidine groups is 1. The van der Waals surface area contributed by atoms with Crippen LogP contribution in [0.2, 0.25) is 0 Å². The third-order valence-electron chi connectivity index (χ3n) is 3.91. The highest BCUT2D eigenvalue weighted by molar-refractivity contribution is 14.0. The fourth-order valence-corrected chi connectivity index (χ4v) is 2.81. The van der Waals surface area contributed by atoms with E-state index >= 15 is 0 Å². The van der Waals surface area contributed by atoms with Gasteiger partial charge in [0.25, 0.3) is 0 Å². The Bertz CT molecular complexity index is 275. The van der Waals surface area contributed by atoms with E-state index in [0.717, 1.165) is 38.1 Å². The standard InChI is InChI=1S/C16H34N4.HI/c1-5-17-16(19-14(2)3)18-12-9-13-20(4)15-10-7-6-8-11-15;/h14-15H,5-13H2,1-4H3,(H2,17,18,19);1H. The molecule has 0 aromatic carbocycles. The van der Waals surface area contributed by atoms with Crippen molar-refractivity contribution in [1.82, 2.24) is 15.5 Å². The van der Waals surface area contributed by atoms with Crippen LogP contribution in [0.5, 0.6) is 0 Å². The molecule has 0 aliphatic heterocycles. The van der Waals surface area contributed by atoms with Gasteiger partial charge in [0.15, 0.2) is 5.96 Å². The highest BCUT2D eigenvalue weighted by Gasteiger charge is 2.17. The van der Waals surface area contributed by atoms with Gasteiger partial charge in [0.2, 0.25) is 0 Å². The van der Waals surface area contributed by atoms with E-state index < -0.39 is 0 Å². The fourth-order valence-electron chi connectivity index (χ4n) is 2.81. The maximum atomic E-state index is 4.64. The van der Waals surface area contributed by atoms with Crippen molar-refractivity contribution in [2.45, 2.75) is 71.4 Å². The van der Waals surface area contributed by atoms with Crippen LogP contribution in [-0.4, -0.2) is 49.6 Å². The number of hydrogen-bond acceptors (Lipinski definition) is 2. The molecule has 0 unspecified atom stereocenters. The molecule has 0 spiro atoms. The van der Waals surface area contributed by atoms with Crippen molar-refractivity contribution in [3.63, 3.8) is 0 Å². The summed E-state index contributed by atoms with van der Waals surface area (Å²) in [5.41, 5.74) is 0. The number of rotatable bonds is 7. The van der Waals surface area contributed by atoms with E-state index in [1.165, 1.54) is 32.1 Å². The highest BCUT2D eigenvalue weighted by atomic mass is 127. The maximum Gasteiger partial charge on any atom is 0.191 e. The second kappa shape index (κ2) is 12.5. The summed E-state index contributed by atoms with van der Waals surface area (Å²) < 4.78 is 0. The molecule has 1 aliphatic rings. The predicted octanol–water partition coefficient (Wildman–Crippen LogP) is 3.22. The molecule has 0 bridgehead atoms. The zero-order valence-electron chi connectivity index (χ0n) is 14.3. The second-order valence-corrected chi connectivity index (χ2v) is 6.19. The quantitative estimate of drug-likeness (QED) is 0.293. The first kappa shape index (κ1) is 21.0. The Labute approximate surface area is 148 Å². The molecule has 0 saturated heterocycles. The Kier molecular flexibility index (Phi) is 12.5. The van der Waals surface area contributed by atoms with Crippen LogP contribution in [0.3, 0.4) is 0 Å². The molecule has 126 valence electrons. The summed E-state index contributed by atoms with van der Waals surface area (Å²) in [6.45, 7) is 9.37. The maximum absolute atomic E-state index is 4.64. The van der Waals surface area contributed by atoms with Gasteiger partial charge in [-0.25, -0.2) is 0 Å². The van der Waals surface area contributed by atoms with Crippen LogP contribution in [0.25, 0.3) is 0 Å². The average molecular weight is 410 g/mol. The molecule has 0 aromatic heterocycles. The third-order valence-corrected chi connectivity index (χ3v) is 3.91. The lowest BCUT2D eigenvalue weighted by Gasteiger charge is -2.31. The zero-order valence-corrected chi connectivity index (χ0v) is 16.7. The minimum absolute atomic E-state index is 0. The molecule has 0 heterocycles. The summed E-state index contributed by atoms with van der Waals surface area (Å²) in [6, 6.07) is 1.24. The first-order chi connectivity index (χ1) is 9.63. The minimum Gasteiger partial charge on any atom is -0.357 e. The summed E-state index contributed by atoms with van der Waals surface area (Å²) in [6.07, 6.45) is 8.17. The van der Waals surface area contributed by atoms with Crippen LogP contribution in [0.4, 0.5) is 0 Å². The monoisotopic (exact) mass is 410 g/mol. The van der Waals surface area contributed by atoms with Gasteiger partial charge < -0.3 is 15.5 Å². The van der Waals surface area contributed by atoms with E-state index in [9.17, 15) is 0 Å². The third kappa shape index (κ3) is 9.55. The molecule has 1 fully saturated rings. The molecule has 21 heavy (non-hydrogen) atoms. The summed E-state index contributed by atoms with van der Waals surface area (Å²) >= 11 is 0. The Morgan fingerprint density at radius 3 is 2.48 bits per heavy atom. The Hall–Kier alpha value is -0.0400. The van der Waals surface area contributed by atoms with Crippen LogP contribution in [0.1, 0.15) is 59.3 Å². The van der Waals surface area contributed by atoms with E-state index in [0.29, 0.717) is 6.04 Å². The number of aliphatic imine (C=N–C) groups is 1. The van der Waals surface area contributed by atoms with Crippen molar-refractivity contribution >= 4 is 29.9 Å². The molecular formula is C16H35IN4. The van der Waals surface area contributed by atoms with Gasteiger partial charge >= 0.3 is 0 Å². The van der Waals surface area contributed by atoms with Gasteiger partial charge in [-0.15, -0.1) is 24.0 Å². The lowest BCUT2D eigenvalue weighted by molar-refractivity contribution is 0.191. The zero-order chi connectivity index (χ0) is 14.8. The second-order valence-electron chi connectivity index (χ2n) is 6.19. The van der Waals surface area contributed by atoms with Crippen molar-refractivity contribution in [1.29, 1.82) is 0 Å². The van der Waals surface area contributed by atoms with Crippen LogP contribution >= 0.6 is 24.0 Å². The van der Waals surface area contributed by atoms with Gasteiger partial charge in [0, 0.05) is 25.2 Å². The van der Waals surface area contributed by atoms with E-state index in [1.54, 1.807) is 0 Å². The lowest BCUT2D eigenvalue weighted by atomic mass is 9.94. The van der Waals surface area contributed by atoms with Gasteiger partial charge in [0.05, 0.1) is 0 Å². The molecule has 2 N–H and O–H groups in total. The molecule has 1 rings (SSSR count). The van der Waals surface area contributed by atoms with Gasteiger partial charge in [-0.05, 0) is 53.6 Å². The Morgan fingerprint density at radius 1 is 1.24 bits per heavy atom. The summed E-state index contributed by atoms with van der Waals surface area (Å²) in [5.74, 6) is 0.947. The van der Waals surface area contributed by atoms with Crippen LogP contribution < -0.4 is 10.6 Å². The van der Waals surface area contributed by atoms with Crippen molar-refractivity contribution in [2.24, 2.45) is 4.99 Å². The number of halogens is 1. The number of nitrogens with zero attached hydrogens (tertiary/aromatic N) is 2. The smallest absolute Gasteiger partial charge is 0.191 e. The molecular weight excluding hydrogens is 375 g/mol. The first-order valence-electron chi connectivity index (χ1n) is 8.38. The average Bonchev–Trinajstić information content (AvgIpc) is 2.44. The molecule has 0 aromatic rings. The summed E-state index contributed by atoms with van der Waals surface area (Å²) in [4.78, 5) is 7.18. The lowest BCUT2D eigenvalue weighted by Crippen LogP contribution is -2.41. The minimum atomic E-state index is 0. The molecule has 5 heteroatoms. The largest absolute Gasteiger partial charge is 0.357 e. The van der Waals surface area contributed by atoms with E-state index in [1.807, 2.05) is 0 Å². The predicted molar refractivity (Wildman–Crippen MR) is 104 cm³/mol.